The second-order valence-corrected chi connectivity index (χ2v) is 6.79. The molecule has 6 heteroatoms. The first-order valence-electron chi connectivity index (χ1n) is 7.76. The first-order valence-corrected chi connectivity index (χ1v) is 7.76. The Morgan fingerprint density at radius 3 is 2.25 bits per heavy atom. The Labute approximate surface area is 140 Å². The molecule has 0 N–H and O–H groups in total. The lowest BCUT2D eigenvalue weighted by molar-refractivity contribution is -0.384. The van der Waals surface area contributed by atoms with E-state index in [9.17, 15) is 19.7 Å². The summed E-state index contributed by atoms with van der Waals surface area (Å²) in [5, 5.41) is 10.7. The van der Waals surface area contributed by atoms with Crippen molar-refractivity contribution < 1.29 is 19.2 Å². The van der Waals surface area contributed by atoms with Crippen LogP contribution in [0.5, 0.6) is 0 Å². The lowest BCUT2D eigenvalue weighted by Crippen LogP contribution is -2.54. The van der Waals surface area contributed by atoms with Crippen molar-refractivity contribution in [1.29, 1.82) is 0 Å². The first kappa shape index (κ1) is 17.8. The van der Waals surface area contributed by atoms with Crippen LogP contribution in [0.4, 0.5) is 5.69 Å². The molecule has 0 radical (unpaired) electrons. The van der Waals surface area contributed by atoms with Gasteiger partial charge in [0.15, 0.2) is 11.4 Å². The highest BCUT2D eigenvalue weighted by Gasteiger charge is 2.52. The normalized spacial score (nSPS) is 22.4. The fourth-order valence-corrected chi connectivity index (χ4v) is 3.32. The average Bonchev–Trinajstić information content (AvgIpc) is 2.49. The Balaban J connectivity index is 2.33. The fraction of sp³-hybridized carbons (Fsp3) is 0.444. The molecule has 0 fully saturated rings. The van der Waals surface area contributed by atoms with Gasteiger partial charge in [0, 0.05) is 17.5 Å². The van der Waals surface area contributed by atoms with Gasteiger partial charge in [0.2, 0.25) is 0 Å². The van der Waals surface area contributed by atoms with Crippen LogP contribution in [0.25, 0.3) is 0 Å². The molecular formula is C18H21NO5. The fourth-order valence-electron chi connectivity index (χ4n) is 3.32. The summed E-state index contributed by atoms with van der Waals surface area (Å²) in [7, 11) is 0. The molecule has 1 aliphatic rings. The molecule has 1 atom stereocenters. The largest absolute Gasteiger partial charge is 0.447 e. The predicted octanol–water partition coefficient (Wildman–Crippen LogP) is 3.85. The van der Waals surface area contributed by atoms with E-state index in [0.29, 0.717) is 12.8 Å². The van der Waals surface area contributed by atoms with Crippen molar-refractivity contribution in [3.8, 4) is 0 Å². The highest BCUT2D eigenvalue weighted by molar-refractivity contribution is 5.95. The zero-order valence-corrected chi connectivity index (χ0v) is 14.3. The first-order chi connectivity index (χ1) is 11.1. The number of hydrogen-bond acceptors (Lipinski definition) is 5. The molecule has 0 aliphatic heterocycles. The standard InChI is InChI=1S/C18H21NO5/c1-12-9-10-18(13(2)20,17(3,4)11-12)24-16(21)14-5-7-15(8-6-14)19(22)23/h5-8,11H,9-10H2,1-4H3/t18-/m1/s1. The summed E-state index contributed by atoms with van der Waals surface area (Å²) in [4.78, 5) is 35.0. The van der Waals surface area contributed by atoms with E-state index in [1.54, 1.807) is 0 Å². The molecule has 1 aromatic rings. The number of allylic oxidation sites excluding steroid dienone is 1. The van der Waals surface area contributed by atoms with Gasteiger partial charge in [0.05, 0.1) is 10.5 Å². The van der Waals surface area contributed by atoms with Crippen LogP contribution < -0.4 is 0 Å². The van der Waals surface area contributed by atoms with E-state index in [4.69, 9.17) is 4.74 Å². The van der Waals surface area contributed by atoms with Gasteiger partial charge in [0.1, 0.15) is 0 Å². The number of nitro groups is 1. The van der Waals surface area contributed by atoms with E-state index in [2.05, 4.69) is 0 Å². The molecule has 24 heavy (non-hydrogen) atoms. The van der Waals surface area contributed by atoms with Crippen molar-refractivity contribution in [3.05, 3.63) is 51.6 Å². The van der Waals surface area contributed by atoms with Gasteiger partial charge >= 0.3 is 5.97 Å². The smallest absolute Gasteiger partial charge is 0.339 e. The van der Waals surface area contributed by atoms with E-state index < -0.39 is 21.9 Å². The van der Waals surface area contributed by atoms with Crippen LogP contribution in [0.3, 0.4) is 0 Å². The molecule has 0 saturated carbocycles. The molecule has 128 valence electrons. The van der Waals surface area contributed by atoms with Gasteiger partial charge in [-0.25, -0.2) is 4.79 Å². The number of carbonyl (C=O) groups excluding carboxylic acids is 2. The van der Waals surface area contributed by atoms with E-state index in [1.807, 2.05) is 26.8 Å². The zero-order chi connectivity index (χ0) is 18.1. The van der Waals surface area contributed by atoms with Crippen molar-refractivity contribution in [2.45, 2.75) is 46.1 Å². The number of carbonyl (C=O) groups is 2. The number of ketones is 1. The van der Waals surface area contributed by atoms with Crippen LogP contribution in [-0.4, -0.2) is 22.3 Å². The van der Waals surface area contributed by atoms with Crippen molar-refractivity contribution in [2.75, 3.05) is 0 Å². The lowest BCUT2D eigenvalue weighted by Gasteiger charge is -2.45. The Morgan fingerprint density at radius 2 is 1.79 bits per heavy atom. The van der Waals surface area contributed by atoms with Crippen molar-refractivity contribution in [2.24, 2.45) is 5.41 Å². The number of benzene rings is 1. The molecular weight excluding hydrogens is 310 g/mol. The zero-order valence-electron chi connectivity index (χ0n) is 14.3. The number of Topliss-reactive ketones (excluding diaryl/α,β-unsaturated/α-hetero) is 1. The SMILES string of the molecule is CC(=O)[C@]1(OC(=O)c2ccc([N+](=O)[O-])cc2)CCC(C)=CC1(C)C. The molecule has 0 heterocycles. The highest BCUT2D eigenvalue weighted by Crippen LogP contribution is 2.45. The summed E-state index contributed by atoms with van der Waals surface area (Å²) in [6, 6.07) is 5.16. The van der Waals surface area contributed by atoms with E-state index in [1.165, 1.54) is 31.2 Å². The van der Waals surface area contributed by atoms with Gasteiger partial charge in [0.25, 0.3) is 5.69 Å². The molecule has 0 unspecified atom stereocenters. The minimum absolute atomic E-state index is 0.107. The maximum atomic E-state index is 12.5. The molecule has 1 aromatic carbocycles. The molecule has 0 amide bonds. The van der Waals surface area contributed by atoms with Gasteiger partial charge in [-0.3, -0.25) is 14.9 Å². The summed E-state index contributed by atoms with van der Waals surface area (Å²) in [5.41, 5.74) is -0.626. The summed E-state index contributed by atoms with van der Waals surface area (Å²) in [6.07, 6.45) is 3.08. The summed E-state index contributed by atoms with van der Waals surface area (Å²) >= 11 is 0. The average molecular weight is 331 g/mol. The Kier molecular flexibility index (Phi) is 4.60. The minimum atomic E-state index is -1.23. The molecule has 0 spiro atoms. The molecule has 0 aromatic heterocycles. The maximum absolute atomic E-state index is 12.5. The van der Waals surface area contributed by atoms with Crippen LogP contribution in [0.1, 0.15) is 50.9 Å². The molecule has 6 nitrogen and oxygen atoms in total. The van der Waals surface area contributed by atoms with Gasteiger partial charge < -0.3 is 4.74 Å². The number of nitrogens with zero attached hydrogens (tertiary/aromatic N) is 1. The summed E-state index contributed by atoms with van der Waals surface area (Å²) in [6.45, 7) is 7.17. The lowest BCUT2D eigenvalue weighted by atomic mass is 9.65. The second-order valence-electron chi connectivity index (χ2n) is 6.79. The third-order valence-electron chi connectivity index (χ3n) is 4.67. The quantitative estimate of drug-likeness (QED) is 0.362. The Morgan fingerprint density at radius 1 is 1.21 bits per heavy atom. The number of non-ortho nitro benzene ring substituents is 1. The van der Waals surface area contributed by atoms with Gasteiger partial charge in [-0.05, 0) is 38.8 Å². The number of nitro benzene ring substituents is 1. The molecule has 0 bridgehead atoms. The molecule has 1 aliphatic carbocycles. The van der Waals surface area contributed by atoms with Crippen molar-refractivity contribution in [3.63, 3.8) is 0 Å². The van der Waals surface area contributed by atoms with Crippen LogP contribution >= 0.6 is 0 Å². The molecule has 2 rings (SSSR count). The van der Waals surface area contributed by atoms with Gasteiger partial charge in [-0.2, -0.15) is 0 Å². The van der Waals surface area contributed by atoms with E-state index >= 15 is 0 Å². The molecule has 0 saturated heterocycles. The topological polar surface area (TPSA) is 86.5 Å². The van der Waals surface area contributed by atoms with Gasteiger partial charge in [-0.1, -0.05) is 25.5 Å². The number of hydrogen-bond donors (Lipinski definition) is 0. The predicted molar refractivity (Wildman–Crippen MR) is 88.7 cm³/mol. The minimum Gasteiger partial charge on any atom is -0.447 e. The summed E-state index contributed by atoms with van der Waals surface area (Å²) < 4.78 is 5.69. The Bertz CT molecular complexity index is 717. The Hall–Kier alpha value is -2.50. The van der Waals surface area contributed by atoms with Crippen LogP contribution in [0, 0.1) is 15.5 Å². The van der Waals surface area contributed by atoms with Crippen LogP contribution in [-0.2, 0) is 9.53 Å². The summed E-state index contributed by atoms with van der Waals surface area (Å²) in [5.74, 6) is -0.854. The third kappa shape index (κ3) is 3.09. The van der Waals surface area contributed by atoms with Gasteiger partial charge in [-0.15, -0.1) is 0 Å². The van der Waals surface area contributed by atoms with Crippen molar-refractivity contribution >= 4 is 17.4 Å². The van der Waals surface area contributed by atoms with Crippen LogP contribution in [0.15, 0.2) is 35.9 Å². The monoisotopic (exact) mass is 331 g/mol. The highest BCUT2D eigenvalue weighted by atomic mass is 16.6. The number of esters is 1. The maximum Gasteiger partial charge on any atom is 0.339 e. The third-order valence-corrected chi connectivity index (χ3v) is 4.67. The van der Waals surface area contributed by atoms with Crippen LogP contribution in [0.2, 0.25) is 0 Å². The van der Waals surface area contributed by atoms with Crippen molar-refractivity contribution in [1.82, 2.24) is 0 Å². The second kappa shape index (κ2) is 6.19. The number of ether oxygens (including phenoxy) is 1. The number of rotatable bonds is 4. The van der Waals surface area contributed by atoms with E-state index in [-0.39, 0.29) is 17.0 Å². The van der Waals surface area contributed by atoms with E-state index in [0.717, 1.165) is 5.57 Å².